The first-order valence-corrected chi connectivity index (χ1v) is 11.2. The standard InChI is InChI=1S/C22H31N7O2/c1-13-10-29(11-14(2)31-13)20-7-18(25-12-26-20)22-16-6-15(4-5-17(16)27-28-22)19-8-24-21(30-3)9-23-19/h7-9,12-17,22,27-28H,4-6,10-11H2,1-3H3/t13-,14+,15?,16?,17?,22?. The SMILES string of the molecule is COc1cnc(C2CCC3NNC(c4cc(N5C[C@@H](C)O[C@@H](C)C5)ncn4)C3C2)cn1. The highest BCUT2D eigenvalue weighted by Crippen LogP contribution is 2.43. The summed E-state index contributed by atoms with van der Waals surface area (Å²) in [6, 6.07) is 2.73. The number of nitrogens with one attached hydrogen (secondary N) is 2. The lowest BCUT2D eigenvalue weighted by Gasteiger charge is -2.36. The largest absolute Gasteiger partial charge is 0.480 e. The van der Waals surface area contributed by atoms with Gasteiger partial charge in [0.05, 0.1) is 49.1 Å². The van der Waals surface area contributed by atoms with Crippen LogP contribution in [0.4, 0.5) is 5.82 Å². The van der Waals surface area contributed by atoms with Crippen LogP contribution in [-0.2, 0) is 4.74 Å². The quantitative estimate of drug-likeness (QED) is 0.762. The van der Waals surface area contributed by atoms with Crippen LogP contribution in [0.15, 0.2) is 24.8 Å². The molecule has 166 valence electrons. The van der Waals surface area contributed by atoms with Crippen molar-refractivity contribution in [3.63, 3.8) is 0 Å². The number of hydrogen-bond acceptors (Lipinski definition) is 9. The van der Waals surface area contributed by atoms with Crippen molar-refractivity contribution >= 4 is 5.82 Å². The topological polar surface area (TPSA) is 97.3 Å². The highest BCUT2D eigenvalue weighted by atomic mass is 16.5. The molecular weight excluding hydrogens is 394 g/mol. The van der Waals surface area contributed by atoms with Crippen molar-refractivity contribution in [3.05, 3.63) is 36.2 Å². The fourth-order valence-corrected chi connectivity index (χ4v) is 5.33. The Kier molecular flexibility index (Phi) is 5.73. The molecule has 4 heterocycles. The van der Waals surface area contributed by atoms with Crippen molar-refractivity contribution < 1.29 is 9.47 Å². The van der Waals surface area contributed by atoms with Crippen molar-refractivity contribution in [2.24, 2.45) is 5.92 Å². The minimum Gasteiger partial charge on any atom is -0.480 e. The Hall–Kier alpha value is -2.36. The molecular formula is C22H31N7O2. The van der Waals surface area contributed by atoms with Crippen LogP contribution < -0.4 is 20.5 Å². The molecule has 2 aromatic heterocycles. The third-order valence-corrected chi connectivity index (χ3v) is 6.76. The number of methoxy groups -OCH3 is 1. The number of fused-ring (bicyclic) bond motifs is 1. The van der Waals surface area contributed by atoms with Crippen molar-refractivity contribution in [1.29, 1.82) is 0 Å². The number of ether oxygens (including phenoxy) is 2. The summed E-state index contributed by atoms with van der Waals surface area (Å²) in [6.45, 7) is 5.92. The summed E-state index contributed by atoms with van der Waals surface area (Å²) >= 11 is 0. The molecule has 3 aliphatic rings. The molecule has 2 N–H and O–H groups in total. The number of hydrogen-bond donors (Lipinski definition) is 2. The molecule has 5 rings (SSSR count). The fraction of sp³-hybridized carbons (Fsp3) is 0.636. The van der Waals surface area contributed by atoms with Gasteiger partial charge in [-0.25, -0.2) is 20.4 Å². The van der Waals surface area contributed by atoms with Gasteiger partial charge < -0.3 is 14.4 Å². The van der Waals surface area contributed by atoms with Crippen LogP contribution in [0, 0.1) is 5.92 Å². The molecule has 2 saturated heterocycles. The fourth-order valence-electron chi connectivity index (χ4n) is 5.33. The Labute approximate surface area is 183 Å². The Balaban J connectivity index is 1.33. The van der Waals surface area contributed by atoms with E-state index in [9.17, 15) is 0 Å². The molecule has 4 unspecified atom stereocenters. The third-order valence-electron chi connectivity index (χ3n) is 6.76. The maximum Gasteiger partial charge on any atom is 0.231 e. The average Bonchev–Trinajstić information content (AvgIpc) is 3.22. The summed E-state index contributed by atoms with van der Waals surface area (Å²) in [5.74, 6) is 2.37. The van der Waals surface area contributed by atoms with Gasteiger partial charge in [0, 0.05) is 31.1 Å². The van der Waals surface area contributed by atoms with E-state index in [2.05, 4.69) is 55.6 Å². The molecule has 31 heavy (non-hydrogen) atoms. The van der Waals surface area contributed by atoms with E-state index in [0.717, 1.165) is 49.6 Å². The third kappa shape index (κ3) is 4.22. The summed E-state index contributed by atoms with van der Waals surface area (Å²) < 4.78 is 11.0. The highest BCUT2D eigenvalue weighted by Gasteiger charge is 2.42. The van der Waals surface area contributed by atoms with Gasteiger partial charge in [0.1, 0.15) is 12.1 Å². The van der Waals surface area contributed by atoms with Crippen LogP contribution in [0.25, 0.3) is 0 Å². The molecule has 0 radical (unpaired) electrons. The molecule has 2 aliphatic heterocycles. The molecule has 9 heteroatoms. The average molecular weight is 426 g/mol. The lowest BCUT2D eigenvalue weighted by atomic mass is 9.74. The van der Waals surface area contributed by atoms with Crippen LogP contribution in [0.5, 0.6) is 5.88 Å². The summed E-state index contributed by atoms with van der Waals surface area (Å²) in [7, 11) is 1.61. The van der Waals surface area contributed by atoms with Crippen molar-refractivity contribution in [1.82, 2.24) is 30.8 Å². The summed E-state index contributed by atoms with van der Waals surface area (Å²) in [4.78, 5) is 20.5. The van der Waals surface area contributed by atoms with E-state index >= 15 is 0 Å². The maximum absolute atomic E-state index is 5.88. The van der Waals surface area contributed by atoms with Gasteiger partial charge in [-0.05, 0) is 39.0 Å². The first kappa shape index (κ1) is 20.5. The van der Waals surface area contributed by atoms with Gasteiger partial charge in [-0.1, -0.05) is 0 Å². The molecule has 1 saturated carbocycles. The van der Waals surface area contributed by atoms with Crippen LogP contribution in [-0.4, -0.2) is 58.4 Å². The van der Waals surface area contributed by atoms with Crippen LogP contribution >= 0.6 is 0 Å². The Morgan fingerprint density at radius 2 is 1.84 bits per heavy atom. The molecule has 2 aromatic rings. The molecule has 0 aromatic carbocycles. The first-order chi connectivity index (χ1) is 15.1. The van der Waals surface area contributed by atoms with Crippen molar-refractivity contribution in [3.8, 4) is 5.88 Å². The number of morpholine rings is 1. The zero-order chi connectivity index (χ0) is 21.4. The van der Waals surface area contributed by atoms with E-state index in [1.165, 1.54) is 0 Å². The van der Waals surface area contributed by atoms with Crippen LogP contribution in [0.3, 0.4) is 0 Å². The normalized spacial score (nSPS) is 33.2. The minimum atomic E-state index is 0.150. The van der Waals surface area contributed by atoms with Gasteiger partial charge >= 0.3 is 0 Å². The van der Waals surface area contributed by atoms with E-state index in [0.29, 0.717) is 23.8 Å². The molecule has 0 amide bonds. The first-order valence-electron chi connectivity index (χ1n) is 11.2. The van der Waals surface area contributed by atoms with E-state index in [-0.39, 0.29) is 18.2 Å². The smallest absolute Gasteiger partial charge is 0.231 e. The van der Waals surface area contributed by atoms with Gasteiger partial charge in [0.25, 0.3) is 0 Å². The zero-order valence-corrected chi connectivity index (χ0v) is 18.4. The second-order valence-electron chi connectivity index (χ2n) is 8.99. The molecule has 1 aliphatic carbocycles. The summed E-state index contributed by atoms with van der Waals surface area (Å²) in [5, 5.41) is 0. The van der Waals surface area contributed by atoms with Gasteiger partial charge in [0.2, 0.25) is 5.88 Å². The molecule has 9 nitrogen and oxygen atoms in total. The molecule has 6 atom stereocenters. The molecule has 0 spiro atoms. The number of hydrazine groups is 1. The summed E-state index contributed by atoms with van der Waals surface area (Å²) in [6.07, 6.45) is 8.90. The lowest BCUT2D eigenvalue weighted by Crippen LogP contribution is -2.46. The van der Waals surface area contributed by atoms with Crippen LogP contribution in [0.1, 0.15) is 56.5 Å². The molecule has 3 fully saturated rings. The second kappa shape index (κ2) is 8.64. The number of aromatic nitrogens is 4. The predicted octanol–water partition coefficient (Wildman–Crippen LogP) is 1.99. The van der Waals surface area contributed by atoms with Crippen LogP contribution in [0.2, 0.25) is 0 Å². The Morgan fingerprint density at radius 3 is 2.58 bits per heavy atom. The predicted molar refractivity (Wildman–Crippen MR) is 116 cm³/mol. The number of rotatable bonds is 4. The van der Waals surface area contributed by atoms with Gasteiger partial charge in [-0.3, -0.25) is 10.4 Å². The molecule has 0 bridgehead atoms. The van der Waals surface area contributed by atoms with Gasteiger partial charge in [0.15, 0.2) is 0 Å². The number of nitrogens with zero attached hydrogens (tertiary/aromatic N) is 5. The van der Waals surface area contributed by atoms with Gasteiger partial charge in [-0.2, -0.15) is 0 Å². The maximum atomic E-state index is 5.88. The number of anilines is 1. The Bertz CT molecular complexity index is 886. The van der Waals surface area contributed by atoms with Crippen molar-refractivity contribution in [2.75, 3.05) is 25.1 Å². The van der Waals surface area contributed by atoms with E-state index < -0.39 is 0 Å². The van der Waals surface area contributed by atoms with Crippen molar-refractivity contribution in [2.45, 2.75) is 63.3 Å². The van der Waals surface area contributed by atoms with E-state index in [1.54, 1.807) is 19.6 Å². The second-order valence-corrected chi connectivity index (χ2v) is 8.99. The van der Waals surface area contributed by atoms with E-state index in [1.807, 2.05) is 6.20 Å². The zero-order valence-electron chi connectivity index (χ0n) is 18.4. The summed E-state index contributed by atoms with van der Waals surface area (Å²) in [5.41, 5.74) is 9.11. The van der Waals surface area contributed by atoms with E-state index in [4.69, 9.17) is 9.47 Å². The van der Waals surface area contributed by atoms with Gasteiger partial charge in [-0.15, -0.1) is 0 Å². The highest BCUT2D eigenvalue weighted by molar-refractivity contribution is 5.41. The minimum absolute atomic E-state index is 0.150. The monoisotopic (exact) mass is 425 g/mol. The lowest BCUT2D eigenvalue weighted by molar-refractivity contribution is -0.00547. The Morgan fingerprint density at radius 1 is 1.00 bits per heavy atom.